The summed E-state index contributed by atoms with van der Waals surface area (Å²) in [5.41, 5.74) is 4.20. The zero-order chi connectivity index (χ0) is 15.9. The molecule has 3 nitrogen and oxygen atoms in total. The molecule has 4 rings (SSSR count). The molecular formula is C18H16N2OS2. The monoisotopic (exact) mass is 340 g/mol. The van der Waals surface area contributed by atoms with Crippen LogP contribution in [0.15, 0.2) is 29.6 Å². The summed E-state index contributed by atoms with van der Waals surface area (Å²) in [5, 5.41) is 14.7. The maximum absolute atomic E-state index is 9.03. The van der Waals surface area contributed by atoms with E-state index in [-0.39, 0.29) is 5.60 Å². The van der Waals surface area contributed by atoms with E-state index in [2.05, 4.69) is 29.6 Å². The molecule has 1 aromatic heterocycles. The number of nitrogens with one attached hydrogen (secondary N) is 1. The van der Waals surface area contributed by atoms with Crippen molar-refractivity contribution in [1.29, 1.82) is 5.26 Å². The van der Waals surface area contributed by atoms with Crippen molar-refractivity contribution < 1.29 is 4.74 Å². The third-order valence-electron chi connectivity index (χ3n) is 4.74. The molecular weight excluding hydrogens is 324 g/mol. The van der Waals surface area contributed by atoms with Crippen LogP contribution < -0.4 is 5.32 Å². The van der Waals surface area contributed by atoms with E-state index in [1.54, 1.807) is 0 Å². The van der Waals surface area contributed by atoms with Gasteiger partial charge in [0.25, 0.3) is 5.17 Å². The number of nitrogens with zero attached hydrogens (tertiary/aromatic N) is 1. The van der Waals surface area contributed by atoms with E-state index in [9.17, 15) is 0 Å². The zero-order valence-corrected chi connectivity index (χ0v) is 14.2. The number of rotatable bonds is 1. The lowest BCUT2D eigenvalue weighted by molar-refractivity contribution is 0.0141. The Bertz CT molecular complexity index is 813. The molecule has 0 bridgehead atoms. The average Bonchev–Trinajstić information content (AvgIpc) is 3.04. The minimum Gasteiger partial charge on any atom is -0.459 e. The van der Waals surface area contributed by atoms with Gasteiger partial charge in [0.2, 0.25) is 0 Å². The molecule has 1 fully saturated rings. The fourth-order valence-electron chi connectivity index (χ4n) is 3.62. The minimum absolute atomic E-state index is 0.278. The van der Waals surface area contributed by atoms with Gasteiger partial charge in [-0.3, -0.25) is 0 Å². The van der Waals surface area contributed by atoms with Crippen LogP contribution in [0.4, 0.5) is 5.69 Å². The molecule has 0 amide bonds. The smallest absolute Gasteiger partial charge is 0.262 e. The summed E-state index contributed by atoms with van der Waals surface area (Å²) in [4.78, 5) is 0.737. The van der Waals surface area contributed by atoms with Crippen LogP contribution >= 0.6 is 23.6 Å². The summed E-state index contributed by atoms with van der Waals surface area (Å²) < 4.78 is 6.13. The Labute approximate surface area is 144 Å². The van der Waals surface area contributed by atoms with Gasteiger partial charge in [0.15, 0.2) is 0 Å². The Balaban J connectivity index is 1.81. The number of ether oxygens (including phenoxy) is 1. The molecule has 116 valence electrons. The van der Waals surface area contributed by atoms with Crippen LogP contribution in [0.3, 0.4) is 0 Å². The van der Waals surface area contributed by atoms with Gasteiger partial charge >= 0.3 is 0 Å². The SMILES string of the molecule is N#Cc1cc(-c2ccc3c(c2)C2(CCCCC2)OC(=S)N3)cs1. The first-order valence-corrected chi connectivity index (χ1v) is 9.12. The molecule has 5 heteroatoms. The van der Waals surface area contributed by atoms with Crippen molar-refractivity contribution in [2.24, 2.45) is 0 Å². The van der Waals surface area contributed by atoms with Crippen molar-refractivity contribution in [3.63, 3.8) is 0 Å². The molecule has 1 saturated carbocycles. The predicted molar refractivity (Wildman–Crippen MR) is 96.5 cm³/mol. The molecule has 0 unspecified atom stereocenters. The summed E-state index contributed by atoms with van der Waals surface area (Å²) in [6.45, 7) is 0. The van der Waals surface area contributed by atoms with E-state index in [1.165, 1.54) is 36.2 Å². The van der Waals surface area contributed by atoms with Gasteiger partial charge in [-0.1, -0.05) is 12.5 Å². The molecule has 0 radical (unpaired) electrons. The van der Waals surface area contributed by atoms with E-state index < -0.39 is 0 Å². The normalized spacial score (nSPS) is 18.7. The van der Waals surface area contributed by atoms with E-state index in [4.69, 9.17) is 22.2 Å². The van der Waals surface area contributed by atoms with Gasteiger partial charge in [-0.25, -0.2) is 0 Å². The number of hydrogen-bond donors (Lipinski definition) is 1. The second kappa shape index (κ2) is 5.63. The van der Waals surface area contributed by atoms with Crippen LogP contribution in [0.2, 0.25) is 0 Å². The Kier molecular flexibility index (Phi) is 3.59. The molecule has 2 heterocycles. The molecule has 1 spiro atoms. The lowest BCUT2D eigenvalue weighted by Crippen LogP contribution is -2.40. The Morgan fingerprint density at radius 3 is 2.74 bits per heavy atom. The second-order valence-electron chi connectivity index (χ2n) is 6.14. The Morgan fingerprint density at radius 1 is 1.17 bits per heavy atom. The fraction of sp³-hybridized carbons (Fsp3) is 0.333. The van der Waals surface area contributed by atoms with Crippen LogP contribution in [0.1, 0.15) is 42.5 Å². The molecule has 0 atom stereocenters. The molecule has 0 saturated heterocycles. The Hall–Kier alpha value is -1.90. The summed E-state index contributed by atoms with van der Waals surface area (Å²) in [7, 11) is 0. The van der Waals surface area contributed by atoms with Gasteiger partial charge in [0.1, 0.15) is 16.5 Å². The van der Waals surface area contributed by atoms with Crippen LogP contribution in [0, 0.1) is 11.3 Å². The van der Waals surface area contributed by atoms with Crippen LogP contribution in [-0.2, 0) is 10.3 Å². The van der Waals surface area contributed by atoms with E-state index in [1.807, 2.05) is 11.4 Å². The van der Waals surface area contributed by atoms with Crippen LogP contribution in [-0.4, -0.2) is 5.17 Å². The molecule has 2 aromatic rings. The van der Waals surface area contributed by atoms with Crippen LogP contribution in [0.5, 0.6) is 0 Å². The number of nitriles is 1. The lowest BCUT2D eigenvalue weighted by Gasteiger charge is -2.42. The third kappa shape index (κ3) is 2.52. The molecule has 1 aliphatic carbocycles. The van der Waals surface area contributed by atoms with Crippen molar-refractivity contribution in [3.8, 4) is 17.2 Å². The molecule has 2 aliphatic rings. The summed E-state index contributed by atoms with van der Waals surface area (Å²) in [5.74, 6) is 0. The Morgan fingerprint density at radius 2 is 2.00 bits per heavy atom. The number of anilines is 1. The van der Waals surface area contributed by atoms with Crippen molar-refractivity contribution >= 4 is 34.4 Å². The highest BCUT2D eigenvalue weighted by Crippen LogP contribution is 2.47. The number of fused-ring (bicyclic) bond motifs is 2. The van der Waals surface area contributed by atoms with Crippen molar-refractivity contribution in [2.45, 2.75) is 37.7 Å². The highest BCUT2D eigenvalue weighted by molar-refractivity contribution is 7.80. The fourth-order valence-corrected chi connectivity index (χ4v) is 4.59. The van der Waals surface area contributed by atoms with Crippen molar-refractivity contribution in [1.82, 2.24) is 0 Å². The maximum atomic E-state index is 9.03. The lowest BCUT2D eigenvalue weighted by atomic mass is 9.77. The van der Waals surface area contributed by atoms with Crippen LogP contribution in [0.25, 0.3) is 11.1 Å². The van der Waals surface area contributed by atoms with E-state index >= 15 is 0 Å². The first-order valence-electron chi connectivity index (χ1n) is 7.84. The van der Waals surface area contributed by atoms with Gasteiger partial charge in [0, 0.05) is 11.3 Å². The average molecular weight is 340 g/mol. The standard InChI is InChI=1S/C18H16N2OS2/c19-10-14-8-13(11-23-14)12-4-5-16-15(9-12)18(21-17(22)20-16)6-2-1-3-7-18/h4-5,8-9,11H,1-3,6-7H2,(H,20,22). The highest BCUT2D eigenvalue weighted by atomic mass is 32.1. The topological polar surface area (TPSA) is 45.0 Å². The first-order chi connectivity index (χ1) is 11.2. The van der Waals surface area contributed by atoms with E-state index in [0.29, 0.717) is 5.17 Å². The van der Waals surface area contributed by atoms with Gasteiger partial charge in [-0.15, -0.1) is 11.3 Å². The van der Waals surface area contributed by atoms with Crippen molar-refractivity contribution in [3.05, 3.63) is 40.1 Å². The van der Waals surface area contributed by atoms with Gasteiger partial charge < -0.3 is 10.1 Å². The minimum atomic E-state index is -0.278. The largest absolute Gasteiger partial charge is 0.459 e. The predicted octanol–water partition coefficient (Wildman–Crippen LogP) is 5.17. The van der Waals surface area contributed by atoms with Gasteiger partial charge in [0.05, 0.1) is 0 Å². The summed E-state index contributed by atoms with van der Waals surface area (Å²) >= 11 is 6.79. The highest BCUT2D eigenvalue weighted by Gasteiger charge is 2.41. The maximum Gasteiger partial charge on any atom is 0.262 e. The molecule has 1 aromatic carbocycles. The number of benzene rings is 1. The number of thiophene rings is 1. The van der Waals surface area contributed by atoms with Gasteiger partial charge in [-0.2, -0.15) is 5.26 Å². The summed E-state index contributed by atoms with van der Waals surface area (Å²) in [6.07, 6.45) is 5.62. The van der Waals surface area contributed by atoms with E-state index in [0.717, 1.165) is 34.5 Å². The second-order valence-corrected chi connectivity index (χ2v) is 7.42. The quantitative estimate of drug-likeness (QED) is 0.727. The number of thiocarbonyl (C=S) groups is 1. The molecule has 1 N–H and O–H groups in total. The summed E-state index contributed by atoms with van der Waals surface area (Å²) in [6, 6.07) is 10.5. The molecule has 1 aliphatic heterocycles. The molecule has 23 heavy (non-hydrogen) atoms. The zero-order valence-electron chi connectivity index (χ0n) is 12.6. The number of hydrogen-bond acceptors (Lipinski definition) is 4. The third-order valence-corrected chi connectivity index (χ3v) is 5.76. The van der Waals surface area contributed by atoms with Crippen molar-refractivity contribution in [2.75, 3.05) is 5.32 Å². The van der Waals surface area contributed by atoms with Gasteiger partial charge in [-0.05, 0) is 72.6 Å². The first kappa shape index (κ1) is 14.7.